The molecule has 0 bridgehead atoms. The molecule has 6 heteroatoms. The number of benzene rings is 2. The molecular weight excluding hydrogens is 414 g/mol. The van der Waals surface area contributed by atoms with Crippen molar-refractivity contribution in [1.29, 1.82) is 0 Å². The van der Waals surface area contributed by atoms with E-state index in [4.69, 9.17) is 10.2 Å². The zero-order valence-electron chi connectivity index (χ0n) is 18.6. The van der Waals surface area contributed by atoms with Gasteiger partial charge >= 0.3 is 0 Å². The number of hydrogen-bond donors (Lipinski definition) is 1. The van der Waals surface area contributed by atoms with Gasteiger partial charge in [-0.05, 0) is 36.1 Å². The Labute approximate surface area is 194 Å². The molecule has 0 aliphatic carbocycles. The number of hydrogen-bond acceptors (Lipinski definition) is 4. The lowest BCUT2D eigenvalue weighted by Gasteiger charge is -2.27. The van der Waals surface area contributed by atoms with Gasteiger partial charge in [0, 0.05) is 31.5 Å². The summed E-state index contributed by atoms with van der Waals surface area (Å²) < 4.78 is 5.64. The van der Waals surface area contributed by atoms with Crippen LogP contribution in [0.25, 0.3) is 0 Å². The van der Waals surface area contributed by atoms with Crippen molar-refractivity contribution in [2.45, 2.75) is 37.3 Å². The minimum absolute atomic E-state index is 0.0332. The lowest BCUT2D eigenvalue weighted by molar-refractivity contribution is -0.134. The summed E-state index contributed by atoms with van der Waals surface area (Å²) in [6, 6.07) is 23.4. The summed E-state index contributed by atoms with van der Waals surface area (Å²) in [5, 5.41) is 0. The van der Waals surface area contributed by atoms with Crippen molar-refractivity contribution in [3.8, 4) is 0 Å². The first kappa shape index (κ1) is 21.5. The van der Waals surface area contributed by atoms with E-state index in [0.29, 0.717) is 37.7 Å². The van der Waals surface area contributed by atoms with Crippen molar-refractivity contribution in [2.75, 3.05) is 19.6 Å². The number of nitrogens with two attached hydrogens (primary N) is 1. The van der Waals surface area contributed by atoms with E-state index in [1.165, 1.54) is 5.56 Å². The van der Waals surface area contributed by atoms with Crippen LogP contribution in [-0.4, -0.2) is 47.3 Å². The summed E-state index contributed by atoms with van der Waals surface area (Å²) >= 11 is 0. The molecule has 2 aromatic carbocycles. The summed E-state index contributed by atoms with van der Waals surface area (Å²) in [6.45, 7) is 2.13. The normalized spacial score (nSPS) is 22.6. The number of nitrogens with zero attached hydrogens (tertiary/aromatic N) is 2. The molecule has 5 rings (SSSR count). The van der Waals surface area contributed by atoms with E-state index in [1.54, 1.807) is 17.0 Å². The molecule has 6 nitrogen and oxygen atoms in total. The number of amides is 2. The molecule has 2 aliphatic rings. The van der Waals surface area contributed by atoms with E-state index < -0.39 is 6.04 Å². The van der Waals surface area contributed by atoms with Crippen molar-refractivity contribution in [3.05, 3.63) is 95.4 Å². The first-order chi connectivity index (χ1) is 16.1. The fraction of sp³-hybridized carbons (Fsp3) is 0.333. The van der Waals surface area contributed by atoms with Gasteiger partial charge in [-0.25, -0.2) is 0 Å². The molecule has 33 heavy (non-hydrogen) atoms. The first-order valence-corrected chi connectivity index (χ1v) is 11.6. The molecule has 0 radical (unpaired) electrons. The van der Waals surface area contributed by atoms with Crippen molar-refractivity contribution in [1.82, 2.24) is 9.80 Å². The monoisotopic (exact) mass is 443 g/mol. The van der Waals surface area contributed by atoms with Crippen LogP contribution in [0.15, 0.2) is 77.2 Å². The highest BCUT2D eigenvalue weighted by atomic mass is 16.4. The summed E-state index contributed by atoms with van der Waals surface area (Å²) in [7, 11) is 0. The van der Waals surface area contributed by atoms with Crippen molar-refractivity contribution in [2.24, 2.45) is 5.73 Å². The van der Waals surface area contributed by atoms with Gasteiger partial charge in [-0.15, -0.1) is 0 Å². The van der Waals surface area contributed by atoms with E-state index in [0.717, 1.165) is 12.0 Å². The smallest absolute Gasteiger partial charge is 0.290 e. The Kier molecular flexibility index (Phi) is 6.01. The lowest BCUT2D eigenvalue weighted by Crippen LogP contribution is -2.47. The van der Waals surface area contributed by atoms with E-state index >= 15 is 0 Å². The van der Waals surface area contributed by atoms with Crippen molar-refractivity contribution >= 4 is 11.8 Å². The fourth-order valence-corrected chi connectivity index (χ4v) is 5.17. The zero-order valence-corrected chi connectivity index (χ0v) is 18.6. The van der Waals surface area contributed by atoms with Crippen LogP contribution in [0.4, 0.5) is 0 Å². The largest absolute Gasteiger partial charge is 0.455 e. The highest BCUT2D eigenvalue weighted by molar-refractivity contribution is 5.96. The van der Waals surface area contributed by atoms with Crippen LogP contribution < -0.4 is 5.73 Å². The number of carbonyl (C=O) groups excluding carboxylic acids is 2. The molecule has 2 aliphatic heterocycles. The summed E-state index contributed by atoms with van der Waals surface area (Å²) in [5.41, 5.74) is 8.07. The van der Waals surface area contributed by atoms with E-state index in [1.807, 2.05) is 41.3 Å². The van der Waals surface area contributed by atoms with Crippen molar-refractivity contribution in [3.63, 3.8) is 0 Å². The van der Waals surface area contributed by atoms with Gasteiger partial charge in [0.2, 0.25) is 5.91 Å². The van der Waals surface area contributed by atoms with Crippen LogP contribution in [0.3, 0.4) is 0 Å². The molecule has 170 valence electrons. The minimum atomic E-state index is -0.497. The topological polar surface area (TPSA) is 79.8 Å². The Morgan fingerprint density at radius 2 is 1.55 bits per heavy atom. The average molecular weight is 444 g/mol. The molecule has 1 aromatic heterocycles. The van der Waals surface area contributed by atoms with Crippen LogP contribution in [0, 0.1) is 0 Å². The molecule has 2 N–H and O–H groups in total. The molecule has 3 aromatic rings. The Hall–Kier alpha value is -3.38. The van der Waals surface area contributed by atoms with Gasteiger partial charge < -0.3 is 20.0 Å². The van der Waals surface area contributed by atoms with Gasteiger partial charge in [-0.1, -0.05) is 60.7 Å². The number of carbonyl (C=O) groups is 2. The van der Waals surface area contributed by atoms with Crippen molar-refractivity contribution < 1.29 is 14.0 Å². The SMILES string of the molecule is NCc1ccc(C(=O)N2C[C@@H](c3ccccc3)C[C@H]2C(=O)N2CC[C@H](c3ccccc3)C2)o1. The molecular formula is C27H29N3O3. The Morgan fingerprint density at radius 3 is 2.18 bits per heavy atom. The van der Waals surface area contributed by atoms with Gasteiger partial charge in [-0.3, -0.25) is 9.59 Å². The van der Waals surface area contributed by atoms with E-state index in [2.05, 4.69) is 24.3 Å². The highest BCUT2D eigenvalue weighted by Crippen LogP contribution is 2.36. The zero-order chi connectivity index (χ0) is 22.8. The second kappa shape index (κ2) is 9.24. The number of likely N-dealkylation sites (tertiary alicyclic amines) is 2. The maximum atomic E-state index is 13.7. The maximum absolute atomic E-state index is 13.7. The quantitative estimate of drug-likeness (QED) is 0.651. The van der Waals surface area contributed by atoms with Crippen LogP contribution in [-0.2, 0) is 11.3 Å². The molecule has 0 spiro atoms. The van der Waals surface area contributed by atoms with Crippen LogP contribution >= 0.6 is 0 Å². The fourth-order valence-electron chi connectivity index (χ4n) is 5.17. The Balaban J connectivity index is 1.37. The summed E-state index contributed by atoms with van der Waals surface area (Å²) in [6.07, 6.45) is 1.56. The standard InChI is InChI=1S/C27H29N3O3/c28-16-23-11-12-25(33-23)27(32)30-18-22(20-9-5-2-6-10-20)15-24(30)26(31)29-14-13-21(17-29)19-7-3-1-4-8-19/h1-12,21-22,24H,13-18,28H2/t21-,22-,24-/m0/s1. The molecule has 0 saturated carbocycles. The van der Waals surface area contributed by atoms with Crippen LogP contribution in [0.1, 0.15) is 52.1 Å². The molecule has 2 fully saturated rings. The minimum Gasteiger partial charge on any atom is -0.455 e. The van der Waals surface area contributed by atoms with E-state index in [-0.39, 0.29) is 30.0 Å². The highest BCUT2D eigenvalue weighted by Gasteiger charge is 2.44. The lowest BCUT2D eigenvalue weighted by atomic mass is 9.96. The number of rotatable bonds is 5. The molecule has 2 amide bonds. The number of furan rings is 1. The predicted octanol–water partition coefficient (Wildman–Crippen LogP) is 3.75. The maximum Gasteiger partial charge on any atom is 0.290 e. The third-order valence-corrected chi connectivity index (χ3v) is 6.96. The molecule has 0 unspecified atom stereocenters. The Bertz CT molecular complexity index is 1110. The van der Waals surface area contributed by atoms with E-state index in [9.17, 15) is 9.59 Å². The first-order valence-electron chi connectivity index (χ1n) is 11.6. The van der Waals surface area contributed by atoms with Gasteiger partial charge in [0.15, 0.2) is 5.76 Å². The van der Waals surface area contributed by atoms with Gasteiger partial charge in [-0.2, -0.15) is 0 Å². The second-order valence-corrected chi connectivity index (χ2v) is 8.97. The summed E-state index contributed by atoms with van der Waals surface area (Å²) in [5.74, 6) is 1.04. The summed E-state index contributed by atoms with van der Waals surface area (Å²) in [4.78, 5) is 30.7. The van der Waals surface area contributed by atoms with Crippen LogP contribution in [0.5, 0.6) is 0 Å². The molecule has 2 saturated heterocycles. The molecule has 3 atom stereocenters. The van der Waals surface area contributed by atoms with Gasteiger partial charge in [0.1, 0.15) is 11.8 Å². The molecule has 3 heterocycles. The van der Waals surface area contributed by atoms with Gasteiger partial charge in [0.05, 0.1) is 6.54 Å². The average Bonchev–Trinajstić information content (AvgIpc) is 3.64. The second-order valence-electron chi connectivity index (χ2n) is 8.97. The third-order valence-electron chi connectivity index (χ3n) is 6.96. The Morgan fingerprint density at radius 1 is 0.879 bits per heavy atom. The van der Waals surface area contributed by atoms with Crippen LogP contribution in [0.2, 0.25) is 0 Å². The van der Waals surface area contributed by atoms with Gasteiger partial charge in [0.25, 0.3) is 5.91 Å². The predicted molar refractivity (Wildman–Crippen MR) is 126 cm³/mol. The third kappa shape index (κ3) is 4.31.